The quantitative estimate of drug-likeness (QED) is 0.325. The van der Waals surface area contributed by atoms with Crippen molar-refractivity contribution in [3.63, 3.8) is 0 Å². The molecule has 6 rings (SSSR count). The highest BCUT2D eigenvalue weighted by Crippen LogP contribution is 2.40. The molecule has 3 aromatic heterocycles. The first-order chi connectivity index (χ1) is 15.5. The summed E-state index contributed by atoms with van der Waals surface area (Å²) in [7, 11) is 0. The number of hydrogen-bond donors (Lipinski definition) is 1. The smallest absolute Gasteiger partial charge is 0.165 e. The molecule has 1 aliphatic carbocycles. The van der Waals surface area contributed by atoms with Gasteiger partial charge in [0.05, 0.1) is 16.9 Å². The van der Waals surface area contributed by atoms with Crippen molar-refractivity contribution in [2.24, 2.45) is 5.41 Å². The van der Waals surface area contributed by atoms with E-state index in [9.17, 15) is 4.79 Å². The Labute approximate surface area is 191 Å². The van der Waals surface area contributed by atoms with Gasteiger partial charge in [0.15, 0.2) is 5.78 Å². The maximum absolute atomic E-state index is 13.2. The fourth-order valence-corrected chi connectivity index (χ4v) is 5.79. The molecule has 5 aromatic rings. The van der Waals surface area contributed by atoms with Crippen LogP contribution in [-0.4, -0.2) is 15.8 Å². The highest BCUT2D eigenvalue weighted by atomic mass is 32.1. The van der Waals surface area contributed by atoms with Crippen LogP contribution in [0.25, 0.3) is 32.2 Å². The zero-order valence-electron chi connectivity index (χ0n) is 18.2. The number of aromatic amines is 1. The van der Waals surface area contributed by atoms with E-state index in [1.54, 1.807) is 11.3 Å². The molecule has 3 heterocycles. The van der Waals surface area contributed by atoms with E-state index in [4.69, 9.17) is 4.98 Å². The summed E-state index contributed by atoms with van der Waals surface area (Å²) in [4.78, 5) is 23.2. The molecular weight excluding hydrogens is 412 g/mol. The summed E-state index contributed by atoms with van der Waals surface area (Å²) in [6.45, 7) is 4.33. The number of benzene rings is 2. The maximum Gasteiger partial charge on any atom is 0.165 e. The van der Waals surface area contributed by atoms with Gasteiger partial charge in [-0.1, -0.05) is 62.4 Å². The van der Waals surface area contributed by atoms with Gasteiger partial charge < -0.3 is 4.98 Å². The molecule has 0 atom stereocenters. The number of hydrogen-bond acceptors (Lipinski definition) is 3. The zero-order valence-corrected chi connectivity index (χ0v) is 19.1. The van der Waals surface area contributed by atoms with Gasteiger partial charge in [-0.3, -0.25) is 9.78 Å². The molecule has 0 radical (unpaired) electrons. The average molecular weight is 437 g/mol. The molecule has 0 saturated heterocycles. The lowest BCUT2D eigenvalue weighted by molar-refractivity contribution is 0.0912. The number of nitrogens with zero attached hydrogens (tertiary/aromatic N) is 1. The van der Waals surface area contributed by atoms with Crippen LogP contribution in [0.1, 0.15) is 47.6 Å². The highest BCUT2D eigenvalue weighted by Gasteiger charge is 2.34. The fourth-order valence-electron chi connectivity index (χ4n) is 5.06. The number of aromatic nitrogens is 2. The molecule has 158 valence electrons. The summed E-state index contributed by atoms with van der Waals surface area (Å²) in [5, 5.41) is 4.27. The van der Waals surface area contributed by atoms with E-state index in [0.29, 0.717) is 6.42 Å². The van der Waals surface area contributed by atoms with Gasteiger partial charge in [0, 0.05) is 39.6 Å². The second-order valence-electron chi connectivity index (χ2n) is 9.59. The molecule has 0 bridgehead atoms. The number of nitrogens with one attached hydrogen (secondary N) is 1. The Hall–Kier alpha value is -3.24. The lowest BCUT2D eigenvalue weighted by Gasteiger charge is -2.30. The van der Waals surface area contributed by atoms with Crippen LogP contribution in [0.3, 0.4) is 0 Å². The Balaban J connectivity index is 1.51. The monoisotopic (exact) mass is 436 g/mol. The van der Waals surface area contributed by atoms with Crippen LogP contribution in [0, 0.1) is 5.41 Å². The minimum atomic E-state index is -0.0590. The Kier molecular flexibility index (Phi) is 4.34. The summed E-state index contributed by atoms with van der Waals surface area (Å²) in [6.07, 6.45) is 2.13. The lowest BCUT2D eigenvalue weighted by atomic mass is 9.74. The number of H-pyrrole nitrogens is 1. The first kappa shape index (κ1) is 19.4. The number of fused-ring (bicyclic) bond motifs is 5. The highest BCUT2D eigenvalue weighted by molar-refractivity contribution is 7.13. The number of Topliss-reactive ketones (excluding diaryl/α,β-unsaturated/α-hetero) is 1. The van der Waals surface area contributed by atoms with Gasteiger partial charge in [-0.25, -0.2) is 0 Å². The second kappa shape index (κ2) is 7.14. The normalized spacial score (nSPS) is 15.4. The van der Waals surface area contributed by atoms with Gasteiger partial charge in [-0.15, -0.1) is 11.3 Å². The topological polar surface area (TPSA) is 45.8 Å². The largest absolute Gasteiger partial charge is 0.353 e. The number of thiophene rings is 1. The third-order valence-corrected chi connectivity index (χ3v) is 7.42. The summed E-state index contributed by atoms with van der Waals surface area (Å²) < 4.78 is 0. The van der Waals surface area contributed by atoms with Crippen molar-refractivity contribution >= 4 is 38.9 Å². The van der Waals surface area contributed by atoms with Gasteiger partial charge in [0.25, 0.3) is 0 Å². The SMILES string of the molecule is CC1(C)CC(=O)c2c(nc(Cc3ccc(-c4cccs4)cc3)c3[nH]c4ccccc4c23)C1. The van der Waals surface area contributed by atoms with Crippen molar-refractivity contribution in [3.05, 3.63) is 88.6 Å². The van der Waals surface area contributed by atoms with Crippen LogP contribution in [0.2, 0.25) is 0 Å². The zero-order chi connectivity index (χ0) is 21.9. The standard InChI is InChI=1S/C28H24N2OS/c1-28(2)15-22-26(23(31)16-28)25-19-6-3-4-7-20(19)30-27(25)21(29-22)14-17-9-11-18(12-10-17)24-8-5-13-32-24/h3-13,30H,14-16H2,1-2H3. The Bertz CT molecular complexity index is 1470. The summed E-state index contributed by atoms with van der Waals surface area (Å²) in [6, 6.07) is 21.3. The number of para-hydroxylation sites is 1. The number of rotatable bonds is 3. The number of carbonyl (C=O) groups excluding carboxylic acids is 1. The molecule has 0 unspecified atom stereocenters. The van der Waals surface area contributed by atoms with Crippen molar-refractivity contribution < 1.29 is 4.79 Å². The molecule has 0 spiro atoms. The molecule has 4 heteroatoms. The first-order valence-corrected chi connectivity index (χ1v) is 11.9. The van der Waals surface area contributed by atoms with E-state index < -0.39 is 0 Å². The van der Waals surface area contributed by atoms with E-state index >= 15 is 0 Å². The van der Waals surface area contributed by atoms with Crippen molar-refractivity contribution in [1.29, 1.82) is 0 Å². The van der Waals surface area contributed by atoms with Crippen LogP contribution in [0.15, 0.2) is 66.0 Å². The molecule has 0 saturated carbocycles. The minimum absolute atomic E-state index is 0.0590. The number of carbonyl (C=O) groups is 1. The van der Waals surface area contributed by atoms with Crippen LogP contribution in [-0.2, 0) is 12.8 Å². The summed E-state index contributed by atoms with van der Waals surface area (Å²) in [5.41, 5.74) is 7.26. The number of pyridine rings is 1. The molecular formula is C28H24N2OS. The van der Waals surface area contributed by atoms with Crippen LogP contribution < -0.4 is 0 Å². The minimum Gasteiger partial charge on any atom is -0.353 e. The number of ketones is 1. The van der Waals surface area contributed by atoms with Crippen LogP contribution in [0.4, 0.5) is 0 Å². The van der Waals surface area contributed by atoms with Crippen molar-refractivity contribution in [3.8, 4) is 10.4 Å². The molecule has 0 aliphatic heterocycles. The van der Waals surface area contributed by atoms with Gasteiger partial charge >= 0.3 is 0 Å². The molecule has 0 amide bonds. The predicted octanol–water partition coefficient (Wildman–Crippen LogP) is 7.19. The van der Waals surface area contributed by atoms with E-state index in [0.717, 1.165) is 51.6 Å². The second-order valence-corrected chi connectivity index (χ2v) is 10.5. The van der Waals surface area contributed by atoms with E-state index in [1.165, 1.54) is 16.0 Å². The molecule has 2 aromatic carbocycles. The molecule has 1 N–H and O–H groups in total. The summed E-state index contributed by atoms with van der Waals surface area (Å²) >= 11 is 1.76. The third kappa shape index (κ3) is 3.18. The molecule has 0 fully saturated rings. The fraction of sp³-hybridized carbons (Fsp3) is 0.214. The van der Waals surface area contributed by atoms with Gasteiger partial charge in [-0.05, 0) is 40.5 Å². The summed E-state index contributed by atoms with van der Waals surface area (Å²) in [5.74, 6) is 0.213. The van der Waals surface area contributed by atoms with Gasteiger partial charge in [0.1, 0.15) is 0 Å². The van der Waals surface area contributed by atoms with E-state index in [2.05, 4.69) is 72.7 Å². The predicted molar refractivity (Wildman–Crippen MR) is 133 cm³/mol. The van der Waals surface area contributed by atoms with E-state index in [-0.39, 0.29) is 11.2 Å². The Morgan fingerprint density at radius 2 is 1.81 bits per heavy atom. The van der Waals surface area contributed by atoms with Gasteiger partial charge in [0.2, 0.25) is 0 Å². The van der Waals surface area contributed by atoms with Crippen LogP contribution >= 0.6 is 11.3 Å². The van der Waals surface area contributed by atoms with Crippen LogP contribution in [0.5, 0.6) is 0 Å². The Morgan fingerprint density at radius 3 is 2.59 bits per heavy atom. The Morgan fingerprint density at radius 1 is 1.00 bits per heavy atom. The first-order valence-electron chi connectivity index (χ1n) is 11.1. The third-order valence-electron chi connectivity index (χ3n) is 6.50. The average Bonchev–Trinajstić information content (AvgIpc) is 3.42. The molecule has 32 heavy (non-hydrogen) atoms. The van der Waals surface area contributed by atoms with Crippen molar-refractivity contribution in [2.75, 3.05) is 0 Å². The maximum atomic E-state index is 13.2. The van der Waals surface area contributed by atoms with Crippen molar-refractivity contribution in [1.82, 2.24) is 9.97 Å². The van der Waals surface area contributed by atoms with E-state index in [1.807, 2.05) is 12.1 Å². The lowest BCUT2D eigenvalue weighted by Crippen LogP contribution is -2.28. The van der Waals surface area contributed by atoms with Crippen molar-refractivity contribution in [2.45, 2.75) is 33.1 Å². The van der Waals surface area contributed by atoms with Gasteiger partial charge in [-0.2, -0.15) is 0 Å². The molecule has 1 aliphatic rings. The molecule has 3 nitrogen and oxygen atoms in total.